The Morgan fingerprint density at radius 3 is 2.28 bits per heavy atom. The third-order valence-corrected chi connectivity index (χ3v) is 3.59. The molecule has 1 rings (SSSR count). The largest absolute Gasteiger partial charge is 0.339 e. The summed E-state index contributed by atoms with van der Waals surface area (Å²) >= 11 is 2.25. The van der Waals surface area contributed by atoms with Crippen LogP contribution in [0.5, 0.6) is 0 Å². The normalized spacial score (nSPS) is 10.4. The molecule has 0 spiro atoms. The molecule has 0 bridgehead atoms. The number of hydrogen-bond donors (Lipinski definition) is 0. The highest BCUT2D eigenvalue weighted by Gasteiger charge is 2.14. The lowest BCUT2D eigenvalue weighted by molar-refractivity contribution is 0.0751. The van der Waals surface area contributed by atoms with Crippen molar-refractivity contribution < 1.29 is 4.79 Å². The van der Waals surface area contributed by atoms with Gasteiger partial charge in [0.25, 0.3) is 5.91 Å². The van der Waals surface area contributed by atoms with Gasteiger partial charge in [-0.3, -0.25) is 4.79 Å². The van der Waals surface area contributed by atoms with Crippen LogP contribution in [0.3, 0.4) is 0 Å². The molecule has 1 amide bonds. The van der Waals surface area contributed by atoms with E-state index in [1.165, 1.54) is 0 Å². The third-order valence-electron chi connectivity index (χ3n) is 2.92. The quantitative estimate of drug-likeness (QED) is 0.664. The minimum atomic E-state index is 0.176. The Morgan fingerprint density at radius 1 is 1.17 bits per heavy atom. The van der Waals surface area contributed by atoms with Crippen molar-refractivity contribution in [3.63, 3.8) is 0 Å². The maximum absolute atomic E-state index is 12.4. The molecule has 100 valence electrons. The molecular weight excluding hydrogens is 337 g/mol. The molecule has 0 aliphatic heterocycles. The average Bonchev–Trinajstić information content (AvgIpc) is 2.38. The van der Waals surface area contributed by atoms with Gasteiger partial charge < -0.3 is 4.90 Å². The Hall–Kier alpha value is -0.580. The number of benzene rings is 1. The number of carbonyl (C=O) groups excluding carboxylic acids is 1. The van der Waals surface area contributed by atoms with E-state index in [0.29, 0.717) is 0 Å². The van der Waals surface area contributed by atoms with Crippen LogP contribution in [0.2, 0.25) is 0 Å². The first kappa shape index (κ1) is 15.5. The number of carbonyl (C=O) groups is 1. The topological polar surface area (TPSA) is 20.3 Å². The van der Waals surface area contributed by atoms with Gasteiger partial charge in [-0.1, -0.05) is 32.8 Å². The van der Waals surface area contributed by atoms with Crippen LogP contribution >= 0.6 is 22.6 Å². The van der Waals surface area contributed by atoms with Crippen LogP contribution in [0, 0.1) is 3.57 Å². The van der Waals surface area contributed by atoms with E-state index in [4.69, 9.17) is 0 Å². The van der Waals surface area contributed by atoms with Crippen molar-refractivity contribution in [2.45, 2.75) is 39.5 Å². The summed E-state index contributed by atoms with van der Waals surface area (Å²) in [6.07, 6.45) is 4.42. The van der Waals surface area contributed by atoms with Gasteiger partial charge in [-0.25, -0.2) is 0 Å². The van der Waals surface area contributed by atoms with Crippen molar-refractivity contribution in [1.82, 2.24) is 4.90 Å². The standard InChI is InChI=1S/C15H22INO/c1-3-5-10-17(11-6-4-2)15(18)13-8-7-9-14(16)12-13/h7-9,12H,3-6,10-11H2,1-2H3. The number of hydrogen-bond acceptors (Lipinski definition) is 1. The van der Waals surface area contributed by atoms with Crippen LogP contribution in [-0.4, -0.2) is 23.9 Å². The van der Waals surface area contributed by atoms with Gasteiger partial charge in [-0.05, 0) is 53.6 Å². The lowest BCUT2D eigenvalue weighted by atomic mass is 10.1. The van der Waals surface area contributed by atoms with E-state index in [1.807, 2.05) is 29.2 Å². The molecule has 0 atom stereocenters. The maximum Gasteiger partial charge on any atom is 0.253 e. The molecule has 0 fully saturated rings. The first-order chi connectivity index (χ1) is 8.69. The minimum absolute atomic E-state index is 0.176. The maximum atomic E-state index is 12.4. The molecule has 0 saturated heterocycles. The monoisotopic (exact) mass is 359 g/mol. The van der Waals surface area contributed by atoms with Crippen LogP contribution in [0.25, 0.3) is 0 Å². The molecule has 0 heterocycles. The highest BCUT2D eigenvalue weighted by atomic mass is 127. The van der Waals surface area contributed by atoms with E-state index in [9.17, 15) is 4.79 Å². The van der Waals surface area contributed by atoms with E-state index in [2.05, 4.69) is 36.4 Å². The molecule has 0 unspecified atom stereocenters. The Kier molecular flexibility index (Phi) is 7.32. The Balaban J connectivity index is 2.73. The van der Waals surface area contributed by atoms with Gasteiger partial charge in [0.1, 0.15) is 0 Å². The zero-order valence-electron chi connectivity index (χ0n) is 11.3. The molecule has 18 heavy (non-hydrogen) atoms. The first-order valence-electron chi connectivity index (χ1n) is 6.73. The first-order valence-corrected chi connectivity index (χ1v) is 7.81. The predicted octanol–water partition coefficient (Wildman–Crippen LogP) is 4.33. The van der Waals surface area contributed by atoms with Crippen molar-refractivity contribution in [1.29, 1.82) is 0 Å². The molecule has 0 saturated carbocycles. The van der Waals surface area contributed by atoms with Crippen molar-refractivity contribution in [2.75, 3.05) is 13.1 Å². The molecule has 2 nitrogen and oxygen atoms in total. The summed E-state index contributed by atoms with van der Waals surface area (Å²) in [6.45, 7) is 6.07. The zero-order chi connectivity index (χ0) is 13.4. The fourth-order valence-electron chi connectivity index (χ4n) is 1.82. The van der Waals surface area contributed by atoms with E-state index < -0.39 is 0 Å². The molecule has 0 aliphatic rings. The van der Waals surface area contributed by atoms with Crippen molar-refractivity contribution in [2.24, 2.45) is 0 Å². The van der Waals surface area contributed by atoms with Crippen molar-refractivity contribution in [3.8, 4) is 0 Å². The Bertz CT molecular complexity index is 371. The number of amides is 1. The SMILES string of the molecule is CCCCN(CCCC)C(=O)c1cccc(I)c1. The summed E-state index contributed by atoms with van der Waals surface area (Å²) in [5.41, 5.74) is 0.814. The van der Waals surface area contributed by atoms with Crippen molar-refractivity contribution in [3.05, 3.63) is 33.4 Å². The van der Waals surface area contributed by atoms with E-state index in [0.717, 1.165) is 47.9 Å². The van der Waals surface area contributed by atoms with Crippen LogP contribution in [0.4, 0.5) is 0 Å². The highest BCUT2D eigenvalue weighted by molar-refractivity contribution is 14.1. The van der Waals surface area contributed by atoms with Crippen LogP contribution < -0.4 is 0 Å². The number of nitrogens with zero attached hydrogens (tertiary/aromatic N) is 1. The van der Waals surface area contributed by atoms with Gasteiger partial charge >= 0.3 is 0 Å². The van der Waals surface area contributed by atoms with Gasteiger partial charge in [0.05, 0.1) is 0 Å². The number of unbranched alkanes of at least 4 members (excludes halogenated alkanes) is 2. The summed E-state index contributed by atoms with van der Waals surface area (Å²) in [4.78, 5) is 14.4. The van der Waals surface area contributed by atoms with Gasteiger partial charge in [0, 0.05) is 22.2 Å². The van der Waals surface area contributed by atoms with Gasteiger partial charge in [0.15, 0.2) is 0 Å². The number of halogens is 1. The predicted molar refractivity (Wildman–Crippen MR) is 84.9 cm³/mol. The molecule has 0 aromatic heterocycles. The summed E-state index contributed by atoms with van der Waals surface area (Å²) in [5, 5.41) is 0. The second-order valence-electron chi connectivity index (χ2n) is 4.51. The molecule has 1 aromatic carbocycles. The molecule has 0 N–H and O–H groups in total. The molecular formula is C15H22INO. The second kappa shape index (κ2) is 8.51. The highest BCUT2D eigenvalue weighted by Crippen LogP contribution is 2.12. The van der Waals surface area contributed by atoms with Crippen molar-refractivity contribution >= 4 is 28.5 Å². The fraction of sp³-hybridized carbons (Fsp3) is 0.533. The smallest absolute Gasteiger partial charge is 0.253 e. The van der Waals surface area contributed by atoms with Crippen LogP contribution in [-0.2, 0) is 0 Å². The van der Waals surface area contributed by atoms with Gasteiger partial charge in [-0.15, -0.1) is 0 Å². The van der Waals surface area contributed by atoms with E-state index in [1.54, 1.807) is 0 Å². The van der Waals surface area contributed by atoms with Gasteiger partial charge in [-0.2, -0.15) is 0 Å². The molecule has 0 radical (unpaired) electrons. The Labute approximate surface area is 124 Å². The fourth-order valence-corrected chi connectivity index (χ4v) is 2.36. The summed E-state index contributed by atoms with van der Waals surface area (Å²) in [6, 6.07) is 7.84. The lowest BCUT2D eigenvalue weighted by Gasteiger charge is -2.22. The zero-order valence-corrected chi connectivity index (χ0v) is 13.4. The van der Waals surface area contributed by atoms with Crippen LogP contribution in [0.15, 0.2) is 24.3 Å². The minimum Gasteiger partial charge on any atom is -0.339 e. The lowest BCUT2D eigenvalue weighted by Crippen LogP contribution is -2.33. The van der Waals surface area contributed by atoms with Crippen LogP contribution in [0.1, 0.15) is 49.9 Å². The van der Waals surface area contributed by atoms with E-state index >= 15 is 0 Å². The summed E-state index contributed by atoms with van der Waals surface area (Å²) in [5.74, 6) is 0.176. The second-order valence-corrected chi connectivity index (χ2v) is 5.76. The Morgan fingerprint density at radius 2 is 1.78 bits per heavy atom. The van der Waals surface area contributed by atoms with Gasteiger partial charge in [0.2, 0.25) is 0 Å². The van der Waals surface area contributed by atoms with E-state index in [-0.39, 0.29) is 5.91 Å². The summed E-state index contributed by atoms with van der Waals surface area (Å²) in [7, 11) is 0. The average molecular weight is 359 g/mol. The summed E-state index contributed by atoms with van der Waals surface area (Å²) < 4.78 is 1.12. The molecule has 1 aromatic rings. The molecule has 3 heteroatoms. The number of rotatable bonds is 7. The third kappa shape index (κ3) is 4.96. The molecule has 0 aliphatic carbocycles.